The Labute approximate surface area is 182 Å². The smallest absolute Gasteiger partial charge is 0.234 e. The molecule has 156 valence electrons. The van der Waals surface area contributed by atoms with Crippen molar-refractivity contribution in [3.05, 3.63) is 72.3 Å². The molecule has 0 saturated carbocycles. The Morgan fingerprint density at radius 2 is 1.83 bits per heavy atom. The lowest BCUT2D eigenvalue weighted by Gasteiger charge is -2.19. The summed E-state index contributed by atoms with van der Waals surface area (Å²) in [4.78, 5) is 12.4. The molecule has 0 aliphatic heterocycles. The number of nitrogens with zero attached hydrogens (tertiary/aromatic N) is 3. The second-order valence-corrected chi connectivity index (χ2v) is 9.13. The van der Waals surface area contributed by atoms with E-state index in [0.29, 0.717) is 11.7 Å². The van der Waals surface area contributed by atoms with E-state index in [1.807, 2.05) is 41.8 Å². The second kappa shape index (κ2) is 9.30. The van der Waals surface area contributed by atoms with Crippen molar-refractivity contribution in [3.8, 4) is 11.4 Å². The monoisotopic (exact) mass is 420 g/mol. The molecule has 0 bridgehead atoms. The third kappa shape index (κ3) is 5.19. The van der Waals surface area contributed by atoms with Crippen molar-refractivity contribution in [2.45, 2.75) is 44.8 Å². The average molecular weight is 421 g/mol. The first-order valence-electron chi connectivity index (χ1n) is 9.93. The number of nitrogens with one attached hydrogen (secondary N) is 1. The normalized spacial score (nSPS) is 11.3. The number of hydrogen-bond acceptors (Lipinski definition) is 4. The first kappa shape index (κ1) is 21.8. The summed E-state index contributed by atoms with van der Waals surface area (Å²) in [6.45, 7) is 13.0. The van der Waals surface area contributed by atoms with E-state index in [0.717, 1.165) is 22.6 Å². The Balaban J connectivity index is 1.75. The predicted molar refractivity (Wildman–Crippen MR) is 125 cm³/mol. The molecule has 0 aliphatic carbocycles. The lowest BCUT2D eigenvalue weighted by atomic mass is 9.87. The minimum atomic E-state index is -0.0708. The van der Waals surface area contributed by atoms with Crippen molar-refractivity contribution in [1.29, 1.82) is 0 Å². The number of aromatic nitrogens is 3. The number of rotatable bonds is 7. The summed E-state index contributed by atoms with van der Waals surface area (Å²) < 4.78 is 1.99. The van der Waals surface area contributed by atoms with E-state index >= 15 is 0 Å². The van der Waals surface area contributed by atoms with Crippen LogP contribution in [0.4, 0.5) is 5.69 Å². The largest absolute Gasteiger partial charge is 0.325 e. The number of anilines is 1. The van der Waals surface area contributed by atoms with Crippen LogP contribution in [0.1, 0.15) is 31.9 Å². The molecule has 5 nitrogen and oxygen atoms in total. The van der Waals surface area contributed by atoms with Crippen molar-refractivity contribution in [1.82, 2.24) is 14.8 Å². The van der Waals surface area contributed by atoms with Gasteiger partial charge in [0, 0.05) is 17.8 Å². The van der Waals surface area contributed by atoms with E-state index in [1.165, 1.54) is 17.3 Å². The lowest BCUT2D eigenvalue weighted by molar-refractivity contribution is -0.113. The maximum absolute atomic E-state index is 12.4. The third-order valence-electron chi connectivity index (χ3n) is 4.79. The Kier molecular flexibility index (Phi) is 6.77. The van der Waals surface area contributed by atoms with Gasteiger partial charge in [0.25, 0.3) is 0 Å². The first-order chi connectivity index (χ1) is 14.3. The van der Waals surface area contributed by atoms with Gasteiger partial charge in [-0.3, -0.25) is 9.36 Å². The fourth-order valence-corrected chi connectivity index (χ4v) is 3.80. The molecule has 0 atom stereocenters. The Morgan fingerprint density at radius 3 is 2.47 bits per heavy atom. The van der Waals surface area contributed by atoms with E-state index in [2.05, 4.69) is 67.1 Å². The van der Waals surface area contributed by atoms with Crippen LogP contribution in [0.15, 0.2) is 66.3 Å². The fraction of sp³-hybridized carbons (Fsp3) is 0.292. The van der Waals surface area contributed by atoms with E-state index in [-0.39, 0.29) is 17.1 Å². The Bertz CT molecular complexity index is 1030. The van der Waals surface area contributed by atoms with E-state index in [4.69, 9.17) is 0 Å². The summed E-state index contributed by atoms with van der Waals surface area (Å²) in [5, 5.41) is 12.4. The number of benzene rings is 2. The Hall–Kier alpha value is -2.86. The van der Waals surface area contributed by atoms with E-state index in [9.17, 15) is 4.79 Å². The number of para-hydroxylation sites is 1. The molecule has 1 heterocycles. The number of carbonyl (C=O) groups excluding carboxylic acids is 1. The molecule has 0 unspecified atom stereocenters. The summed E-state index contributed by atoms with van der Waals surface area (Å²) in [5.41, 5.74) is 4.22. The Morgan fingerprint density at radius 1 is 1.13 bits per heavy atom. The zero-order chi connectivity index (χ0) is 21.7. The molecule has 30 heavy (non-hydrogen) atoms. The average Bonchev–Trinajstić information content (AvgIpc) is 3.10. The fourth-order valence-electron chi connectivity index (χ4n) is 3.05. The molecule has 3 aromatic rings. The number of hydrogen-bond donors (Lipinski definition) is 1. The molecule has 1 N–H and O–H groups in total. The number of amides is 1. The van der Waals surface area contributed by atoms with Crippen LogP contribution in [0.2, 0.25) is 0 Å². The minimum absolute atomic E-state index is 0.0708. The SMILES string of the molecule is C=CCn1c(SCC(=O)Nc2ccccc2C)nnc1-c1ccc(C(C)(C)C)cc1. The molecule has 3 rings (SSSR count). The molecule has 1 amide bonds. The molecule has 0 aliphatic rings. The quantitative estimate of drug-likeness (QED) is 0.407. The molecule has 0 fully saturated rings. The molecule has 2 aromatic carbocycles. The maximum Gasteiger partial charge on any atom is 0.234 e. The van der Waals surface area contributed by atoms with Crippen molar-refractivity contribution in [3.63, 3.8) is 0 Å². The van der Waals surface area contributed by atoms with Crippen molar-refractivity contribution >= 4 is 23.4 Å². The second-order valence-electron chi connectivity index (χ2n) is 8.18. The van der Waals surface area contributed by atoms with Crippen LogP contribution in [0, 0.1) is 6.92 Å². The summed E-state index contributed by atoms with van der Waals surface area (Å²) in [5.74, 6) is 0.961. The van der Waals surface area contributed by atoms with E-state index in [1.54, 1.807) is 0 Å². The van der Waals surface area contributed by atoms with Gasteiger partial charge in [-0.1, -0.05) is 81.1 Å². The van der Waals surface area contributed by atoms with Gasteiger partial charge >= 0.3 is 0 Å². The van der Waals surface area contributed by atoms with E-state index < -0.39 is 0 Å². The van der Waals surface area contributed by atoms with Crippen LogP contribution in [0.5, 0.6) is 0 Å². The van der Waals surface area contributed by atoms with Gasteiger partial charge in [-0.25, -0.2) is 0 Å². The summed E-state index contributed by atoms with van der Waals surface area (Å²) in [7, 11) is 0. The van der Waals surface area contributed by atoms with Gasteiger partial charge in [-0.15, -0.1) is 16.8 Å². The zero-order valence-corrected chi connectivity index (χ0v) is 18.8. The minimum Gasteiger partial charge on any atom is -0.325 e. The maximum atomic E-state index is 12.4. The van der Waals surface area contributed by atoms with Gasteiger partial charge < -0.3 is 5.32 Å². The van der Waals surface area contributed by atoms with Crippen molar-refractivity contribution in [2.24, 2.45) is 0 Å². The van der Waals surface area contributed by atoms with Gasteiger partial charge in [-0.2, -0.15) is 0 Å². The van der Waals surface area contributed by atoms with Gasteiger partial charge in [0.1, 0.15) is 0 Å². The highest BCUT2D eigenvalue weighted by Gasteiger charge is 2.17. The molecule has 6 heteroatoms. The van der Waals surface area contributed by atoms with Crippen LogP contribution < -0.4 is 5.32 Å². The first-order valence-corrected chi connectivity index (χ1v) is 10.9. The molecular weight excluding hydrogens is 392 g/mol. The summed E-state index contributed by atoms with van der Waals surface area (Å²) >= 11 is 1.37. The number of aryl methyl sites for hydroxylation is 1. The van der Waals surface area contributed by atoms with Crippen LogP contribution in [-0.4, -0.2) is 26.4 Å². The van der Waals surface area contributed by atoms with Crippen LogP contribution in [0.25, 0.3) is 11.4 Å². The molecule has 0 spiro atoms. The standard InChI is InChI=1S/C24H28N4OS/c1-6-15-28-22(18-11-13-19(14-12-18)24(3,4)5)26-27-23(28)30-16-21(29)25-20-10-8-7-9-17(20)2/h6-14H,1,15-16H2,2-5H3,(H,25,29). The topological polar surface area (TPSA) is 59.8 Å². The summed E-state index contributed by atoms with van der Waals surface area (Å²) in [6, 6.07) is 16.1. The molecular formula is C24H28N4OS. The zero-order valence-electron chi connectivity index (χ0n) is 18.0. The predicted octanol–water partition coefficient (Wildman–Crippen LogP) is 5.47. The van der Waals surface area contributed by atoms with Crippen molar-refractivity contribution in [2.75, 3.05) is 11.1 Å². The lowest BCUT2D eigenvalue weighted by Crippen LogP contribution is -2.15. The van der Waals surface area contributed by atoms with Gasteiger partial charge in [0.2, 0.25) is 5.91 Å². The number of carbonyl (C=O) groups is 1. The van der Waals surface area contributed by atoms with Gasteiger partial charge in [-0.05, 0) is 29.5 Å². The number of thioether (sulfide) groups is 1. The van der Waals surface area contributed by atoms with Crippen LogP contribution in [0.3, 0.4) is 0 Å². The molecule has 0 radical (unpaired) electrons. The van der Waals surface area contributed by atoms with Gasteiger partial charge in [0.05, 0.1) is 5.75 Å². The summed E-state index contributed by atoms with van der Waals surface area (Å²) in [6.07, 6.45) is 1.81. The molecule has 1 aromatic heterocycles. The van der Waals surface area contributed by atoms with Gasteiger partial charge in [0.15, 0.2) is 11.0 Å². The highest BCUT2D eigenvalue weighted by molar-refractivity contribution is 7.99. The van der Waals surface area contributed by atoms with Crippen molar-refractivity contribution < 1.29 is 4.79 Å². The molecule has 0 saturated heterocycles. The van der Waals surface area contributed by atoms with Crippen LogP contribution >= 0.6 is 11.8 Å². The number of allylic oxidation sites excluding steroid dienone is 1. The third-order valence-corrected chi connectivity index (χ3v) is 5.76. The highest BCUT2D eigenvalue weighted by atomic mass is 32.2. The highest BCUT2D eigenvalue weighted by Crippen LogP contribution is 2.28. The van der Waals surface area contributed by atoms with Crippen LogP contribution in [-0.2, 0) is 16.8 Å².